The summed E-state index contributed by atoms with van der Waals surface area (Å²) >= 11 is 1.48. The molecule has 1 N–H and O–H groups in total. The lowest BCUT2D eigenvalue weighted by Gasteiger charge is -2.46. The summed E-state index contributed by atoms with van der Waals surface area (Å²) in [6.45, 7) is 5.87. The fourth-order valence-electron chi connectivity index (χ4n) is 6.32. The standard InChI is InChI=1S/C28H37N3O8S/c1-14-21(19-11-17-12-30(13-20(17)40-19)27(35)29(4)5)24(31-23(14)22(15(2)32)25(31)33)26(34)37-16(3)38-28(36)39-18-9-7-6-8-10-18/h11,14-16,18,22-23,32H,6-10,12-13H2,1-5H3/t14-,15+,16?,22?,23+/m0/s1. The van der Waals surface area contributed by atoms with Gasteiger partial charge in [-0.3, -0.25) is 4.79 Å². The lowest BCUT2D eigenvalue weighted by molar-refractivity contribution is -0.174. The smallest absolute Gasteiger partial charge is 0.431 e. The Morgan fingerprint density at radius 3 is 2.42 bits per heavy atom. The number of thiophene rings is 1. The molecule has 11 nitrogen and oxygen atoms in total. The first-order valence-electron chi connectivity index (χ1n) is 13.9. The maximum atomic E-state index is 13.5. The van der Waals surface area contributed by atoms with E-state index in [0.29, 0.717) is 18.7 Å². The van der Waals surface area contributed by atoms with Crippen LogP contribution in [0, 0.1) is 11.8 Å². The molecule has 40 heavy (non-hydrogen) atoms. The minimum atomic E-state index is -1.23. The lowest BCUT2D eigenvalue weighted by atomic mass is 9.77. The highest BCUT2D eigenvalue weighted by Gasteiger charge is 2.60. The largest absolute Gasteiger partial charge is 0.511 e. The average Bonchev–Trinajstić information content (AvgIpc) is 3.52. The molecule has 5 atom stereocenters. The summed E-state index contributed by atoms with van der Waals surface area (Å²) in [6.07, 6.45) is 1.48. The summed E-state index contributed by atoms with van der Waals surface area (Å²) in [6, 6.07) is 1.51. The first-order chi connectivity index (χ1) is 19.0. The van der Waals surface area contributed by atoms with Gasteiger partial charge in [0, 0.05) is 48.8 Å². The van der Waals surface area contributed by atoms with Gasteiger partial charge in [0.05, 0.1) is 24.6 Å². The zero-order chi connectivity index (χ0) is 28.9. The molecule has 0 radical (unpaired) electrons. The maximum Gasteiger partial charge on any atom is 0.511 e. The summed E-state index contributed by atoms with van der Waals surface area (Å²) in [5.41, 5.74) is 1.77. The molecule has 2 unspecified atom stereocenters. The number of carbonyl (C=O) groups is 4. The van der Waals surface area contributed by atoms with E-state index >= 15 is 0 Å². The van der Waals surface area contributed by atoms with Gasteiger partial charge in [-0.25, -0.2) is 14.4 Å². The molecule has 4 aliphatic rings. The predicted molar refractivity (Wildman–Crippen MR) is 145 cm³/mol. The van der Waals surface area contributed by atoms with Gasteiger partial charge in [-0.05, 0) is 44.2 Å². The SMILES string of the molecule is CC(OC(=O)OC1CCCCC1)OC(=O)C1=C(c2cc3c(s2)CN(C(=O)N(C)C)C3)[C@H](C)[C@@H]2C([C@@H](C)O)C(=O)N12. The number of urea groups is 1. The highest BCUT2D eigenvalue weighted by molar-refractivity contribution is 7.13. The fraction of sp³-hybridized carbons (Fsp3) is 0.643. The number of aliphatic hydroxyl groups is 1. The molecule has 1 aromatic heterocycles. The number of ether oxygens (including phenoxy) is 3. The molecule has 3 amide bonds. The van der Waals surface area contributed by atoms with Crippen LogP contribution in [0.1, 0.15) is 68.2 Å². The van der Waals surface area contributed by atoms with Crippen molar-refractivity contribution in [3.05, 3.63) is 27.1 Å². The van der Waals surface area contributed by atoms with Crippen molar-refractivity contribution in [1.82, 2.24) is 14.7 Å². The van der Waals surface area contributed by atoms with Crippen LogP contribution in [0.3, 0.4) is 0 Å². The minimum Gasteiger partial charge on any atom is -0.431 e. The van der Waals surface area contributed by atoms with E-state index in [1.807, 2.05) is 13.0 Å². The van der Waals surface area contributed by atoms with Crippen LogP contribution in [-0.2, 0) is 36.9 Å². The van der Waals surface area contributed by atoms with Crippen molar-refractivity contribution in [2.75, 3.05) is 14.1 Å². The molecule has 0 spiro atoms. The van der Waals surface area contributed by atoms with E-state index in [-0.39, 0.29) is 35.7 Å². The quantitative estimate of drug-likeness (QED) is 0.309. The molecule has 4 heterocycles. The van der Waals surface area contributed by atoms with Gasteiger partial charge in [0.15, 0.2) is 0 Å². The minimum absolute atomic E-state index is 0.0757. The monoisotopic (exact) mass is 575 g/mol. The molecule has 1 aliphatic carbocycles. The zero-order valence-corrected chi connectivity index (χ0v) is 24.4. The van der Waals surface area contributed by atoms with Gasteiger partial charge in [-0.15, -0.1) is 11.3 Å². The summed E-state index contributed by atoms with van der Waals surface area (Å²) in [5.74, 6) is -2.00. The highest BCUT2D eigenvalue weighted by atomic mass is 32.1. The molecule has 5 rings (SSSR count). The molecule has 1 saturated carbocycles. The molecule has 12 heteroatoms. The van der Waals surface area contributed by atoms with E-state index in [2.05, 4.69) is 0 Å². The fourth-order valence-corrected chi connectivity index (χ4v) is 7.65. The van der Waals surface area contributed by atoms with Crippen molar-refractivity contribution in [2.45, 2.75) is 90.5 Å². The molecule has 1 saturated heterocycles. The first-order valence-corrected chi connectivity index (χ1v) is 14.7. The second kappa shape index (κ2) is 11.0. The average molecular weight is 576 g/mol. The Morgan fingerprint density at radius 1 is 1.10 bits per heavy atom. The van der Waals surface area contributed by atoms with Gasteiger partial charge in [0.2, 0.25) is 12.2 Å². The lowest BCUT2D eigenvalue weighted by Crippen LogP contribution is -2.63. The van der Waals surface area contributed by atoms with Crippen molar-refractivity contribution in [3.63, 3.8) is 0 Å². The number of amides is 3. The Morgan fingerprint density at radius 2 is 1.80 bits per heavy atom. The Kier molecular flexibility index (Phi) is 7.84. The van der Waals surface area contributed by atoms with E-state index in [1.165, 1.54) is 28.1 Å². The van der Waals surface area contributed by atoms with Gasteiger partial charge in [-0.1, -0.05) is 13.3 Å². The molecule has 3 aliphatic heterocycles. The number of esters is 1. The molecular formula is C28H37N3O8S. The first kappa shape index (κ1) is 28.4. The molecule has 218 valence electrons. The van der Waals surface area contributed by atoms with Gasteiger partial charge < -0.3 is 34.0 Å². The summed E-state index contributed by atoms with van der Waals surface area (Å²) in [5, 5.41) is 10.3. The van der Waals surface area contributed by atoms with Crippen LogP contribution >= 0.6 is 11.3 Å². The Hall–Kier alpha value is -3.12. The Labute approximate surface area is 237 Å². The number of hydrogen-bond donors (Lipinski definition) is 1. The topological polar surface area (TPSA) is 126 Å². The van der Waals surface area contributed by atoms with Crippen LogP contribution in [0.15, 0.2) is 11.8 Å². The molecule has 2 fully saturated rings. The summed E-state index contributed by atoms with van der Waals surface area (Å²) in [7, 11) is 3.42. The van der Waals surface area contributed by atoms with E-state index < -0.39 is 30.4 Å². The van der Waals surface area contributed by atoms with Gasteiger partial charge in [0.1, 0.15) is 11.8 Å². The van der Waals surface area contributed by atoms with E-state index in [4.69, 9.17) is 14.2 Å². The molecular weight excluding hydrogens is 538 g/mol. The van der Waals surface area contributed by atoms with Crippen molar-refractivity contribution < 1.29 is 38.5 Å². The normalized spacial score (nSPS) is 25.6. The third-order valence-corrected chi connectivity index (χ3v) is 9.42. The molecule has 0 aromatic carbocycles. The van der Waals surface area contributed by atoms with Crippen LogP contribution in [0.5, 0.6) is 0 Å². The Balaban J connectivity index is 1.36. The van der Waals surface area contributed by atoms with Crippen LogP contribution in [0.25, 0.3) is 5.57 Å². The van der Waals surface area contributed by atoms with E-state index in [9.17, 15) is 24.3 Å². The second-order valence-corrected chi connectivity index (χ2v) is 12.5. The van der Waals surface area contributed by atoms with Gasteiger partial charge in [-0.2, -0.15) is 0 Å². The van der Waals surface area contributed by atoms with Crippen LogP contribution in [-0.4, -0.2) is 82.5 Å². The predicted octanol–water partition coefficient (Wildman–Crippen LogP) is 3.69. The van der Waals surface area contributed by atoms with Crippen LogP contribution in [0.2, 0.25) is 0 Å². The number of aliphatic hydroxyl groups excluding tert-OH is 1. The highest BCUT2D eigenvalue weighted by Crippen LogP contribution is 2.52. The third-order valence-electron chi connectivity index (χ3n) is 8.23. The van der Waals surface area contributed by atoms with E-state index in [0.717, 1.165) is 47.4 Å². The number of hydrogen-bond acceptors (Lipinski definition) is 9. The number of β-lactam (4-membered cyclic amide) rings is 1. The maximum absolute atomic E-state index is 13.5. The number of rotatable bonds is 6. The van der Waals surface area contributed by atoms with Gasteiger partial charge >= 0.3 is 18.2 Å². The molecule has 0 bridgehead atoms. The second-order valence-electron chi connectivity index (χ2n) is 11.3. The number of carbonyl (C=O) groups excluding carboxylic acids is 4. The van der Waals surface area contributed by atoms with Crippen LogP contribution < -0.4 is 0 Å². The number of nitrogens with zero attached hydrogens (tertiary/aromatic N) is 3. The van der Waals surface area contributed by atoms with Crippen molar-refractivity contribution >= 4 is 41.0 Å². The summed E-state index contributed by atoms with van der Waals surface area (Å²) in [4.78, 5) is 57.9. The van der Waals surface area contributed by atoms with Gasteiger partial charge in [0.25, 0.3) is 0 Å². The number of fused-ring (bicyclic) bond motifs is 2. The van der Waals surface area contributed by atoms with Crippen LogP contribution in [0.4, 0.5) is 9.59 Å². The van der Waals surface area contributed by atoms with Crippen molar-refractivity contribution in [3.8, 4) is 0 Å². The van der Waals surface area contributed by atoms with Crippen molar-refractivity contribution in [1.29, 1.82) is 0 Å². The third kappa shape index (κ3) is 5.07. The van der Waals surface area contributed by atoms with Crippen molar-refractivity contribution in [2.24, 2.45) is 11.8 Å². The summed E-state index contributed by atoms with van der Waals surface area (Å²) < 4.78 is 16.1. The Bertz CT molecular complexity index is 1210. The van der Waals surface area contributed by atoms with E-state index in [1.54, 1.807) is 25.9 Å². The molecule has 1 aromatic rings. The zero-order valence-electron chi connectivity index (χ0n) is 23.5.